The topological polar surface area (TPSA) is 68.5 Å². The average Bonchev–Trinajstić information content (AvgIpc) is 3.31. The lowest BCUT2D eigenvalue weighted by Gasteiger charge is -2.09. The van der Waals surface area contributed by atoms with Gasteiger partial charge in [0.2, 0.25) is 0 Å². The van der Waals surface area contributed by atoms with E-state index in [-0.39, 0.29) is 0 Å². The van der Waals surface area contributed by atoms with Crippen LogP contribution < -0.4 is 5.32 Å². The number of fused-ring (bicyclic) bond motifs is 1. The van der Waals surface area contributed by atoms with E-state index in [1.165, 1.54) is 25.7 Å². The van der Waals surface area contributed by atoms with Crippen molar-refractivity contribution in [3.63, 3.8) is 0 Å². The van der Waals surface area contributed by atoms with E-state index in [4.69, 9.17) is 5.10 Å². The molecule has 0 spiro atoms. The van der Waals surface area contributed by atoms with E-state index in [1.807, 2.05) is 6.26 Å². The predicted molar refractivity (Wildman–Crippen MR) is 94.0 cm³/mol. The van der Waals surface area contributed by atoms with Gasteiger partial charge < -0.3 is 5.32 Å². The second kappa shape index (κ2) is 6.45. The van der Waals surface area contributed by atoms with Crippen LogP contribution in [0.1, 0.15) is 37.4 Å². The Morgan fingerprint density at radius 3 is 3.04 bits per heavy atom. The molecule has 0 aliphatic heterocycles. The normalized spacial score (nSPS) is 15.5. The van der Waals surface area contributed by atoms with Crippen LogP contribution in [0, 0.1) is 0 Å². The summed E-state index contributed by atoms with van der Waals surface area (Å²) < 4.78 is 4.14. The first-order chi connectivity index (χ1) is 11.3. The molecular weight excluding hydrogens is 328 g/mol. The van der Waals surface area contributed by atoms with Crippen LogP contribution in [0.2, 0.25) is 0 Å². The minimum absolute atomic E-state index is 0.583. The molecule has 23 heavy (non-hydrogen) atoms. The predicted octanol–water partition coefficient (Wildman–Crippen LogP) is 3.73. The summed E-state index contributed by atoms with van der Waals surface area (Å²) in [5, 5.41) is 8.08. The largest absolute Gasteiger partial charge is 0.363 e. The van der Waals surface area contributed by atoms with Crippen molar-refractivity contribution in [3.05, 3.63) is 24.3 Å². The molecular formula is C15H18N6S2. The van der Waals surface area contributed by atoms with Gasteiger partial charge in [-0.1, -0.05) is 24.6 Å². The number of thioether (sulfide) groups is 1. The van der Waals surface area contributed by atoms with Crippen molar-refractivity contribution in [1.29, 1.82) is 0 Å². The summed E-state index contributed by atoms with van der Waals surface area (Å²) in [4.78, 5) is 13.1. The van der Waals surface area contributed by atoms with Crippen LogP contribution in [-0.2, 0) is 6.54 Å². The summed E-state index contributed by atoms with van der Waals surface area (Å²) in [7, 11) is 0. The Kier molecular flexibility index (Phi) is 4.17. The maximum atomic E-state index is 4.70. The second-order valence-corrected chi connectivity index (χ2v) is 7.69. The van der Waals surface area contributed by atoms with Crippen LogP contribution in [-0.4, -0.2) is 31.0 Å². The zero-order valence-electron chi connectivity index (χ0n) is 12.9. The van der Waals surface area contributed by atoms with Crippen LogP contribution in [0.5, 0.6) is 0 Å². The Morgan fingerprint density at radius 2 is 2.22 bits per heavy atom. The van der Waals surface area contributed by atoms with Crippen molar-refractivity contribution >= 4 is 39.3 Å². The maximum Gasteiger partial charge on any atom is 0.176 e. The van der Waals surface area contributed by atoms with Gasteiger partial charge in [0.25, 0.3) is 0 Å². The van der Waals surface area contributed by atoms with Gasteiger partial charge in [0, 0.05) is 6.20 Å². The summed E-state index contributed by atoms with van der Waals surface area (Å²) >= 11 is 3.25. The van der Waals surface area contributed by atoms with Gasteiger partial charge in [-0.05, 0) is 25.2 Å². The summed E-state index contributed by atoms with van der Waals surface area (Å²) in [6.07, 6.45) is 10.8. The van der Waals surface area contributed by atoms with Gasteiger partial charge in [-0.2, -0.15) is 5.10 Å². The minimum atomic E-state index is 0.583. The first kappa shape index (κ1) is 14.9. The SMILES string of the molecule is CSc1nc2ncnc(NCc3ccn(C4CCCC4)n3)c2s1. The summed E-state index contributed by atoms with van der Waals surface area (Å²) in [6, 6.07) is 2.67. The molecule has 0 bridgehead atoms. The number of aromatic nitrogens is 5. The van der Waals surface area contributed by atoms with Crippen LogP contribution in [0.3, 0.4) is 0 Å². The van der Waals surface area contributed by atoms with E-state index < -0.39 is 0 Å². The zero-order chi connectivity index (χ0) is 15.6. The first-order valence-corrected chi connectivity index (χ1v) is 9.81. The number of nitrogens with zero attached hydrogens (tertiary/aromatic N) is 5. The van der Waals surface area contributed by atoms with Crippen molar-refractivity contribution in [3.8, 4) is 0 Å². The summed E-state index contributed by atoms with van der Waals surface area (Å²) in [5.74, 6) is 0.836. The van der Waals surface area contributed by atoms with E-state index in [0.717, 1.165) is 26.2 Å². The van der Waals surface area contributed by atoms with Gasteiger partial charge in [0.15, 0.2) is 9.99 Å². The van der Waals surface area contributed by atoms with Crippen molar-refractivity contribution in [2.75, 3.05) is 11.6 Å². The molecule has 6 nitrogen and oxygen atoms in total. The molecule has 1 N–H and O–H groups in total. The fourth-order valence-corrected chi connectivity index (χ4v) is 4.45. The van der Waals surface area contributed by atoms with E-state index in [2.05, 4.69) is 37.2 Å². The van der Waals surface area contributed by atoms with Crippen molar-refractivity contribution in [1.82, 2.24) is 24.7 Å². The molecule has 0 amide bonds. The molecule has 0 radical (unpaired) electrons. The average molecular weight is 346 g/mol. The standard InChI is InChI=1S/C15H18N6S2/c1-22-15-19-14-12(23-15)13(17-9-18-14)16-8-10-6-7-21(20-10)11-4-2-3-5-11/h6-7,9,11H,2-5,8H2,1H3,(H,16,17,18). The molecule has 0 atom stereocenters. The quantitative estimate of drug-likeness (QED) is 0.710. The lowest BCUT2D eigenvalue weighted by Crippen LogP contribution is -2.07. The van der Waals surface area contributed by atoms with Gasteiger partial charge in [0.05, 0.1) is 18.3 Å². The molecule has 120 valence electrons. The molecule has 3 aromatic rings. The monoisotopic (exact) mass is 346 g/mol. The Morgan fingerprint density at radius 1 is 1.35 bits per heavy atom. The summed E-state index contributed by atoms with van der Waals surface area (Å²) in [6.45, 7) is 0.665. The molecule has 4 rings (SSSR count). The van der Waals surface area contributed by atoms with Crippen LogP contribution in [0.15, 0.2) is 22.9 Å². The van der Waals surface area contributed by atoms with Crippen LogP contribution in [0.4, 0.5) is 5.82 Å². The third-order valence-electron chi connectivity index (χ3n) is 4.15. The number of nitrogens with one attached hydrogen (secondary N) is 1. The number of hydrogen-bond acceptors (Lipinski definition) is 7. The van der Waals surface area contributed by atoms with Gasteiger partial charge in [-0.25, -0.2) is 15.0 Å². The highest BCUT2D eigenvalue weighted by Crippen LogP contribution is 2.31. The van der Waals surface area contributed by atoms with Crippen molar-refractivity contribution in [2.24, 2.45) is 0 Å². The lowest BCUT2D eigenvalue weighted by atomic mass is 10.3. The third-order valence-corrected chi connectivity index (χ3v) is 6.18. The van der Waals surface area contributed by atoms with Gasteiger partial charge in [-0.3, -0.25) is 4.68 Å². The van der Waals surface area contributed by atoms with Crippen LogP contribution >= 0.6 is 23.1 Å². The maximum absolute atomic E-state index is 4.70. The van der Waals surface area contributed by atoms with Crippen LogP contribution in [0.25, 0.3) is 10.3 Å². The smallest absolute Gasteiger partial charge is 0.176 e. The van der Waals surface area contributed by atoms with E-state index in [9.17, 15) is 0 Å². The van der Waals surface area contributed by atoms with Crippen molar-refractivity contribution in [2.45, 2.75) is 42.6 Å². The Labute approximate surface area is 142 Å². The number of hydrogen-bond donors (Lipinski definition) is 1. The zero-order valence-corrected chi connectivity index (χ0v) is 14.5. The molecule has 3 heterocycles. The highest BCUT2D eigenvalue weighted by atomic mass is 32.2. The number of rotatable bonds is 5. The van der Waals surface area contributed by atoms with Crippen molar-refractivity contribution < 1.29 is 0 Å². The fourth-order valence-electron chi connectivity index (χ4n) is 2.97. The van der Waals surface area contributed by atoms with E-state index >= 15 is 0 Å². The molecule has 0 aromatic carbocycles. The Balaban J connectivity index is 1.49. The first-order valence-electron chi connectivity index (χ1n) is 7.77. The molecule has 3 aromatic heterocycles. The highest BCUT2D eigenvalue weighted by Gasteiger charge is 2.17. The molecule has 1 saturated carbocycles. The third kappa shape index (κ3) is 3.05. The fraction of sp³-hybridized carbons (Fsp3) is 0.467. The molecule has 0 saturated heterocycles. The molecule has 1 aliphatic rings. The van der Waals surface area contributed by atoms with E-state index in [1.54, 1.807) is 29.4 Å². The molecule has 0 unspecified atom stereocenters. The Bertz CT molecular complexity index is 805. The Hall–Kier alpha value is -1.67. The van der Waals surface area contributed by atoms with E-state index in [0.29, 0.717) is 12.6 Å². The van der Waals surface area contributed by atoms with Gasteiger partial charge in [0.1, 0.15) is 16.8 Å². The second-order valence-electron chi connectivity index (χ2n) is 5.64. The lowest BCUT2D eigenvalue weighted by molar-refractivity contribution is 0.463. The minimum Gasteiger partial charge on any atom is -0.363 e. The molecule has 1 fully saturated rings. The molecule has 8 heteroatoms. The number of thiazole rings is 1. The van der Waals surface area contributed by atoms with Gasteiger partial charge >= 0.3 is 0 Å². The number of anilines is 1. The van der Waals surface area contributed by atoms with Gasteiger partial charge in [-0.15, -0.1) is 11.3 Å². The molecule has 1 aliphatic carbocycles. The highest BCUT2D eigenvalue weighted by molar-refractivity contribution is 8.00. The summed E-state index contributed by atoms with van der Waals surface area (Å²) in [5.41, 5.74) is 1.80.